The average Bonchev–Trinajstić information content (AvgIpc) is 3.12. The molecule has 3 N–H and O–H groups in total. The van der Waals surface area contributed by atoms with Gasteiger partial charge in [0, 0.05) is 27.7 Å². The molecule has 3 aromatic rings. The standard InChI is InChI=1S/C24H23BrN4O2S/c1-14-11-12-18(17(25)13-14)27-23(30)22-15(2)21-19(9-6-10-20(21)31-22)28-29-24(32)26-16-7-4-3-5-8-16/h3-5,7-8,11-13H,6,9-10H2,1-2H3,(H,27,30)(H2,26,29,32)/b28-19+. The molecule has 0 fully saturated rings. The largest absolute Gasteiger partial charge is 0.455 e. The van der Waals surface area contributed by atoms with Crippen LogP contribution in [0, 0.1) is 13.8 Å². The van der Waals surface area contributed by atoms with E-state index in [2.05, 4.69) is 37.1 Å². The van der Waals surface area contributed by atoms with Crippen molar-refractivity contribution in [2.75, 3.05) is 10.6 Å². The Bertz CT molecular complexity index is 1200. The lowest BCUT2D eigenvalue weighted by Crippen LogP contribution is -2.26. The van der Waals surface area contributed by atoms with Crippen LogP contribution in [-0.2, 0) is 6.42 Å². The van der Waals surface area contributed by atoms with Gasteiger partial charge in [0.2, 0.25) is 0 Å². The fourth-order valence-electron chi connectivity index (χ4n) is 3.70. The molecule has 1 heterocycles. The van der Waals surface area contributed by atoms with Gasteiger partial charge in [-0.1, -0.05) is 24.3 Å². The highest BCUT2D eigenvalue weighted by atomic mass is 79.9. The number of carbonyl (C=O) groups is 1. The highest BCUT2D eigenvalue weighted by Gasteiger charge is 2.28. The lowest BCUT2D eigenvalue weighted by Gasteiger charge is -2.14. The number of hydrogen-bond acceptors (Lipinski definition) is 4. The van der Waals surface area contributed by atoms with Crippen LogP contribution in [0.5, 0.6) is 0 Å². The molecule has 0 bridgehead atoms. The first-order chi connectivity index (χ1) is 15.4. The molecule has 0 aliphatic heterocycles. The molecule has 0 spiro atoms. The van der Waals surface area contributed by atoms with Gasteiger partial charge in [0.25, 0.3) is 5.91 Å². The van der Waals surface area contributed by atoms with Gasteiger partial charge in [-0.25, -0.2) is 0 Å². The van der Waals surface area contributed by atoms with E-state index in [1.165, 1.54) is 0 Å². The summed E-state index contributed by atoms with van der Waals surface area (Å²) in [7, 11) is 0. The molecule has 4 rings (SSSR count). The molecule has 0 unspecified atom stereocenters. The van der Waals surface area contributed by atoms with Crippen LogP contribution in [0.2, 0.25) is 0 Å². The molecule has 1 aromatic heterocycles. The zero-order valence-electron chi connectivity index (χ0n) is 17.8. The number of anilines is 2. The van der Waals surface area contributed by atoms with Crippen LogP contribution in [0.15, 0.2) is 62.5 Å². The maximum Gasteiger partial charge on any atom is 0.291 e. The van der Waals surface area contributed by atoms with Gasteiger partial charge in [0.05, 0.1) is 11.4 Å². The predicted molar refractivity (Wildman–Crippen MR) is 136 cm³/mol. The molecule has 164 valence electrons. The summed E-state index contributed by atoms with van der Waals surface area (Å²) in [6, 6.07) is 15.4. The molecule has 0 saturated heterocycles. The van der Waals surface area contributed by atoms with E-state index in [-0.39, 0.29) is 5.91 Å². The van der Waals surface area contributed by atoms with Gasteiger partial charge in [-0.3, -0.25) is 10.2 Å². The zero-order chi connectivity index (χ0) is 22.7. The van der Waals surface area contributed by atoms with Crippen molar-refractivity contribution in [2.24, 2.45) is 5.10 Å². The molecule has 0 saturated carbocycles. The van der Waals surface area contributed by atoms with E-state index in [4.69, 9.17) is 16.6 Å². The topological polar surface area (TPSA) is 78.7 Å². The van der Waals surface area contributed by atoms with Crippen molar-refractivity contribution in [1.29, 1.82) is 0 Å². The lowest BCUT2D eigenvalue weighted by atomic mass is 9.93. The molecule has 32 heavy (non-hydrogen) atoms. The summed E-state index contributed by atoms with van der Waals surface area (Å²) in [5.74, 6) is 0.807. The highest BCUT2D eigenvalue weighted by Crippen LogP contribution is 2.31. The maximum atomic E-state index is 13.0. The second-order valence-corrected chi connectivity index (χ2v) is 8.90. The Labute approximate surface area is 200 Å². The SMILES string of the molecule is Cc1ccc(NC(=O)c2oc3c(c2C)/C(=N/NC(=S)Nc2ccccc2)CCC3)c(Br)c1. The summed E-state index contributed by atoms with van der Waals surface area (Å²) in [6.45, 7) is 3.89. The van der Waals surface area contributed by atoms with E-state index >= 15 is 0 Å². The number of furan rings is 1. The van der Waals surface area contributed by atoms with E-state index < -0.39 is 0 Å². The van der Waals surface area contributed by atoms with E-state index in [9.17, 15) is 4.79 Å². The van der Waals surface area contributed by atoms with Gasteiger partial charge in [-0.2, -0.15) is 5.10 Å². The van der Waals surface area contributed by atoms with Crippen molar-refractivity contribution in [2.45, 2.75) is 33.1 Å². The van der Waals surface area contributed by atoms with Crippen molar-refractivity contribution < 1.29 is 9.21 Å². The minimum absolute atomic E-state index is 0.282. The Balaban J connectivity index is 1.52. The van der Waals surface area contributed by atoms with E-state index in [0.29, 0.717) is 16.6 Å². The first-order valence-electron chi connectivity index (χ1n) is 10.3. The van der Waals surface area contributed by atoms with Crippen molar-refractivity contribution in [3.05, 3.63) is 81.2 Å². The maximum absolute atomic E-state index is 13.0. The van der Waals surface area contributed by atoms with E-state index in [1.807, 2.05) is 62.4 Å². The van der Waals surface area contributed by atoms with Crippen molar-refractivity contribution in [1.82, 2.24) is 5.43 Å². The third kappa shape index (κ3) is 4.92. The minimum Gasteiger partial charge on any atom is -0.455 e. The molecule has 1 aliphatic rings. The van der Waals surface area contributed by atoms with Crippen LogP contribution in [0.25, 0.3) is 0 Å². The molecular weight excluding hydrogens is 488 g/mol. The summed E-state index contributed by atoms with van der Waals surface area (Å²) in [6.07, 6.45) is 2.44. The minimum atomic E-state index is -0.282. The number of fused-ring (bicyclic) bond motifs is 1. The van der Waals surface area contributed by atoms with E-state index in [1.54, 1.807) is 0 Å². The molecule has 2 aromatic carbocycles. The van der Waals surface area contributed by atoms with Crippen molar-refractivity contribution >= 4 is 56.3 Å². The number of nitrogens with zero attached hydrogens (tertiary/aromatic N) is 1. The van der Waals surface area contributed by atoms with Crippen LogP contribution in [0.1, 0.15) is 45.8 Å². The first-order valence-corrected chi connectivity index (χ1v) is 11.5. The quantitative estimate of drug-likeness (QED) is 0.299. The molecule has 6 nitrogen and oxygen atoms in total. The van der Waals surface area contributed by atoms with E-state index in [0.717, 1.165) is 57.6 Å². The summed E-state index contributed by atoms with van der Waals surface area (Å²) < 4.78 is 6.81. The third-order valence-electron chi connectivity index (χ3n) is 5.23. The molecular formula is C24H23BrN4O2S. The lowest BCUT2D eigenvalue weighted by molar-refractivity contribution is 0.0994. The number of hydrazone groups is 1. The first kappa shape index (κ1) is 22.2. The third-order valence-corrected chi connectivity index (χ3v) is 6.08. The summed E-state index contributed by atoms with van der Waals surface area (Å²) in [4.78, 5) is 13.0. The molecule has 0 atom stereocenters. The number of thiocarbonyl (C=S) groups is 1. The number of rotatable bonds is 4. The smallest absolute Gasteiger partial charge is 0.291 e. The van der Waals surface area contributed by atoms with Crippen molar-refractivity contribution in [3.63, 3.8) is 0 Å². The summed E-state index contributed by atoms with van der Waals surface area (Å²) in [5, 5.41) is 11.0. The second-order valence-electron chi connectivity index (χ2n) is 7.64. The van der Waals surface area contributed by atoms with Crippen molar-refractivity contribution in [3.8, 4) is 0 Å². The van der Waals surface area contributed by atoms with Crippen LogP contribution < -0.4 is 16.1 Å². The molecule has 8 heteroatoms. The van der Waals surface area contributed by atoms with Crippen LogP contribution in [0.3, 0.4) is 0 Å². The number of hydrogen-bond donors (Lipinski definition) is 3. The Kier molecular flexibility index (Phi) is 6.72. The van der Waals surface area contributed by atoms with Crippen LogP contribution in [-0.4, -0.2) is 16.7 Å². The highest BCUT2D eigenvalue weighted by molar-refractivity contribution is 9.10. The Morgan fingerprint density at radius 3 is 2.62 bits per heavy atom. The number of carbonyl (C=O) groups excluding carboxylic acids is 1. The Morgan fingerprint density at radius 1 is 1.09 bits per heavy atom. The second kappa shape index (κ2) is 9.67. The summed E-state index contributed by atoms with van der Waals surface area (Å²) in [5.41, 5.74) is 8.11. The fraction of sp³-hybridized carbons (Fsp3) is 0.208. The number of benzene rings is 2. The van der Waals surface area contributed by atoms with Gasteiger partial charge in [-0.05, 0) is 84.7 Å². The van der Waals surface area contributed by atoms with Crippen LogP contribution in [0.4, 0.5) is 11.4 Å². The van der Waals surface area contributed by atoms with Gasteiger partial charge in [-0.15, -0.1) is 0 Å². The molecule has 1 amide bonds. The number of nitrogens with one attached hydrogen (secondary N) is 3. The number of para-hydroxylation sites is 1. The Hall–Kier alpha value is -2.97. The van der Waals surface area contributed by atoms with Gasteiger partial charge in [0.15, 0.2) is 10.9 Å². The number of halogens is 1. The normalized spacial score (nSPS) is 14.0. The number of amides is 1. The van der Waals surface area contributed by atoms with Gasteiger partial charge < -0.3 is 15.1 Å². The molecule has 0 radical (unpaired) electrons. The Morgan fingerprint density at radius 2 is 1.88 bits per heavy atom. The monoisotopic (exact) mass is 510 g/mol. The number of aryl methyl sites for hydroxylation is 2. The van der Waals surface area contributed by atoms with Crippen LogP contribution >= 0.6 is 28.1 Å². The predicted octanol–water partition coefficient (Wildman–Crippen LogP) is 5.94. The van der Waals surface area contributed by atoms with Gasteiger partial charge >= 0.3 is 0 Å². The zero-order valence-corrected chi connectivity index (χ0v) is 20.2. The molecule has 1 aliphatic carbocycles. The summed E-state index contributed by atoms with van der Waals surface area (Å²) >= 11 is 8.86. The van der Waals surface area contributed by atoms with Gasteiger partial charge in [0.1, 0.15) is 5.76 Å². The fourth-order valence-corrected chi connectivity index (χ4v) is 4.45. The average molecular weight is 511 g/mol.